The summed E-state index contributed by atoms with van der Waals surface area (Å²) in [5.74, 6) is 1.78. The van der Waals surface area contributed by atoms with Crippen LogP contribution < -0.4 is 0 Å². The van der Waals surface area contributed by atoms with Crippen molar-refractivity contribution in [2.45, 2.75) is 76.4 Å². The Hall–Kier alpha value is -0.360. The predicted molar refractivity (Wildman–Crippen MR) is 69.1 cm³/mol. The molecule has 0 unspecified atom stereocenters. The lowest BCUT2D eigenvalue weighted by Crippen LogP contribution is -2.19. The summed E-state index contributed by atoms with van der Waals surface area (Å²) in [6.07, 6.45) is 10.3. The SMILES string of the molecule is N#CP(=O)(OC1CCCCC1)OC1CCCCC1. The molecule has 0 N–H and O–H groups in total. The molecule has 2 aliphatic carbocycles. The van der Waals surface area contributed by atoms with E-state index < -0.39 is 7.60 Å². The normalized spacial score (nSPS) is 23.7. The summed E-state index contributed by atoms with van der Waals surface area (Å²) in [4.78, 5) is 0. The van der Waals surface area contributed by atoms with Gasteiger partial charge in [0.15, 0.2) is 5.81 Å². The van der Waals surface area contributed by atoms with Gasteiger partial charge in [-0.05, 0) is 25.7 Å². The molecule has 0 amide bonds. The van der Waals surface area contributed by atoms with Crippen molar-refractivity contribution in [2.24, 2.45) is 0 Å². The van der Waals surface area contributed by atoms with Crippen LogP contribution in [0.3, 0.4) is 0 Å². The van der Waals surface area contributed by atoms with Crippen LogP contribution in [0.5, 0.6) is 0 Å². The van der Waals surface area contributed by atoms with Crippen molar-refractivity contribution >= 4 is 7.60 Å². The number of nitriles is 1. The Morgan fingerprint density at radius 3 is 1.56 bits per heavy atom. The third-order valence-corrected chi connectivity index (χ3v) is 5.20. The molecule has 2 rings (SSSR count). The minimum atomic E-state index is -3.53. The molecule has 0 aromatic carbocycles. The van der Waals surface area contributed by atoms with Gasteiger partial charge in [-0.25, -0.2) is 4.57 Å². The smallest absolute Gasteiger partial charge is 0.295 e. The van der Waals surface area contributed by atoms with E-state index in [1.807, 2.05) is 0 Å². The lowest BCUT2D eigenvalue weighted by atomic mass is 9.98. The van der Waals surface area contributed by atoms with Crippen LogP contribution in [-0.2, 0) is 13.6 Å². The largest absolute Gasteiger partial charge is 0.432 e. The molecule has 18 heavy (non-hydrogen) atoms. The summed E-state index contributed by atoms with van der Waals surface area (Å²) >= 11 is 0. The second-order valence-corrected chi connectivity index (χ2v) is 6.94. The molecule has 2 saturated carbocycles. The van der Waals surface area contributed by atoms with E-state index in [1.54, 1.807) is 5.81 Å². The van der Waals surface area contributed by atoms with Gasteiger partial charge in [0, 0.05) is 0 Å². The maximum atomic E-state index is 12.3. The molecule has 0 radical (unpaired) electrons. The van der Waals surface area contributed by atoms with Crippen molar-refractivity contribution in [1.82, 2.24) is 0 Å². The molecule has 2 aliphatic rings. The van der Waals surface area contributed by atoms with Gasteiger partial charge >= 0.3 is 7.60 Å². The zero-order chi connectivity index (χ0) is 12.8. The Labute approximate surface area is 109 Å². The summed E-state index contributed by atoms with van der Waals surface area (Å²) in [5.41, 5.74) is 0. The predicted octanol–water partition coefficient (Wildman–Crippen LogP) is 4.36. The van der Waals surface area contributed by atoms with E-state index in [4.69, 9.17) is 14.3 Å². The molecule has 4 nitrogen and oxygen atoms in total. The van der Waals surface area contributed by atoms with Crippen molar-refractivity contribution in [1.29, 1.82) is 5.26 Å². The molecule has 5 heteroatoms. The van der Waals surface area contributed by atoms with Gasteiger partial charge in [-0.15, -0.1) is 0 Å². The van der Waals surface area contributed by atoms with Crippen LogP contribution in [0.4, 0.5) is 0 Å². The summed E-state index contributed by atoms with van der Waals surface area (Å²) in [6, 6.07) is 0. The quantitative estimate of drug-likeness (QED) is 0.713. The zero-order valence-corrected chi connectivity index (χ0v) is 11.7. The van der Waals surface area contributed by atoms with Crippen LogP contribution in [-0.4, -0.2) is 12.2 Å². The van der Waals surface area contributed by atoms with E-state index in [0.29, 0.717) is 0 Å². The number of hydrogen-bond acceptors (Lipinski definition) is 4. The van der Waals surface area contributed by atoms with Gasteiger partial charge in [-0.3, -0.25) is 9.05 Å². The maximum absolute atomic E-state index is 12.3. The second-order valence-electron chi connectivity index (χ2n) is 5.33. The highest BCUT2D eigenvalue weighted by atomic mass is 31.2. The molecular weight excluding hydrogens is 249 g/mol. The lowest BCUT2D eigenvalue weighted by molar-refractivity contribution is 0.0848. The Bertz CT molecular complexity index is 317. The minimum absolute atomic E-state index is 0.0483. The van der Waals surface area contributed by atoms with Crippen molar-refractivity contribution < 1.29 is 13.6 Å². The summed E-state index contributed by atoms with van der Waals surface area (Å²) in [5, 5.41) is 9.08. The molecule has 0 heterocycles. The first-order chi connectivity index (χ1) is 8.72. The third kappa shape index (κ3) is 4.09. The first-order valence-corrected chi connectivity index (χ1v) is 8.64. The van der Waals surface area contributed by atoms with Gasteiger partial charge in [0.25, 0.3) is 0 Å². The summed E-state index contributed by atoms with van der Waals surface area (Å²) < 4.78 is 23.3. The molecule has 0 bridgehead atoms. The van der Waals surface area contributed by atoms with Crippen LogP contribution in [0, 0.1) is 11.1 Å². The van der Waals surface area contributed by atoms with Gasteiger partial charge in [-0.2, -0.15) is 5.26 Å². The lowest BCUT2D eigenvalue weighted by Gasteiger charge is -2.27. The highest BCUT2D eigenvalue weighted by Crippen LogP contribution is 2.52. The van der Waals surface area contributed by atoms with Crippen molar-refractivity contribution in [3.8, 4) is 5.81 Å². The molecule has 0 aromatic rings. The summed E-state index contributed by atoms with van der Waals surface area (Å²) in [7, 11) is -3.53. The highest BCUT2D eigenvalue weighted by molar-refractivity contribution is 7.59. The molecule has 102 valence electrons. The fourth-order valence-corrected chi connectivity index (χ4v) is 4.16. The topological polar surface area (TPSA) is 59.3 Å². The molecule has 0 spiro atoms. The molecule has 0 atom stereocenters. The van der Waals surface area contributed by atoms with Crippen molar-refractivity contribution in [3.05, 3.63) is 0 Å². The molecule has 0 saturated heterocycles. The monoisotopic (exact) mass is 271 g/mol. The number of rotatable bonds is 4. The molecule has 0 aliphatic heterocycles. The van der Waals surface area contributed by atoms with Gasteiger partial charge in [0.2, 0.25) is 0 Å². The fraction of sp³-hybridized carbons (Fsp3) is 0.923. The van der Waals surface area contributed by atoms with E-state index in [2.05, 4.69) is 0 Å². The number of hydrogen-bond donors (Lipinski definition) is 0. The van der Waals surface area contributed by atoms with Crippen LogP contribution >= 0.6 is 7.60 Å². The first-order valence-electron chi connectivity index (χ1n) is 7.10. The Kier molecular flexibility index (Phi) is 5.24. The van der Waals surface area contributed by atoms with Gasteiger partial charge in [-0.1, -0.05) is 38.5 Å². The number of nitrogens with zero attached hydrogens (tertiary/aromatic N) is 1. The average Bonchev–Trinajstić information content (AvgIpc) is 2.41. The molecule has 0 aromatic heterocycles. The third-order valence-electron chi connectivity index (χ3n) is 3.80. The van der Waals surface area contributed by atoms with Gasteiger partial charge < -0.3 is 0 Å². The summed E-state index contributed by atoms with van der Waals surface area (Å²) in [6.45, 7) is 0. The van der Waals surface area contributed by atoms with Gasteiger partial charge in [0.05, 0.1) is 12.2 Å². The van der Waals surface area contributed by atoms with E-state index in [9.17, 15) is 4.57 Å². The van der Waals surface area contributed by atoms with Crippen molar-refractivity contribution in [2.75, 3.05) is 0 Å². The van der Waals surface area contributed by atoms with Crippen LogP contribution in [0.25, 0.3) is 0 Å². The highest BCUT2D eigenvalue weighted by Gasteiger charge is 2.33. The molecule has 2 fully saturated rings. The fourth-order valence-electron chi connectivity index (χ4n) is 2.81. The Morgan fingerprint density at radius 1 is 0.833 bits per heavy atom. The second kappa shape index (κ2) is 6.70. The first kappa shape index (κ1) is 14.1. The standard InChI is InChI=1S/C13H22NO3P/c14-11-18(15,16-12-7-3-1-4-8-12)17-13-9-5-2-6-10-13/h12-13H,1-10H2. The van der Waals surface area contributed by atoms with Crippen molar-refractivity contribution in [3.63, 3.8) is 0 Å². The van der Waals surface area contributed by atoms with E-state index in [1.165, 1.54) is 12.8 Å². The average molecular weight is 271 g/mol. The van der Waals surface area contributed by atoms with E-state index >= 15 is 0 Å². The minimum Gasteiger partial charge on any atom is -0.295 e. The van der Waals surface area contributed by atoms with Gasteiger partial charge in [0.1, 0.15) is 0 Å². The Balaban J connectivity index is 1.88. The maximum Gasteiger partial charge on any atom is 0.432 e. The van der Waals surface area contributed by atoms with Crippen LogP contribution in [0.1, 0.15) is 64.2 Å². The van der Waals surface area contributed by atoms with E-state index in [0.717, 1.165) is 51.4 Å². The van der Waals surface area contributed by atoms with E-state index in [-0.39, 0.29) is 12.2 Å². The molecular formula is C13H22NO3P. The Morgan fingerprint density at radius 2 is 1.22 bits per heavy atom. The van der Waals surface area contributed by atoms with Crippen LogP contribution in [0.15, 0.2) is 0 Å². The van der Waals surface area contributed by atoms with Crippen LogP contribution in [0.2, 0.25) is 0 Å². The zero-order valence-electron chi connectivity index (χ0n) is 10.8.